The number of ether oxygens (including phenoxy) is 1. The number of hydrogen-bond donors (Lipinski definition) is 2. The SMILES string of the molecule is CCOC(=O)[C@H](Cc1ccc(NC(=O)c2c(Cl)cccc2Cl)cc1)NC(=O)C(=NOC)C1CCCCC1. The highest BCUT2D eigenvalue weighted by Crippen LogP contribution is 2.26. The third-order valence-electron chi connectivity index (χ3n) is 6.13. The molecule has 2 aromatic rings. The van der Waals surface area contributed by atoms with Gasteiger partial charge in [0.2, 0.25) is 0 Å². The number of hydrogen-bond acceptors (Lipinski definition) is 6. The van der Waals surface area contributed by atoms with E-state index in [2.05, 4.69) is 15.8 Å². The number of nitrogens with zero attached hydrogens (tertiary/aromatic N) is 1. The first-order chi connectivity index (χ1) is 17.8. The van der Waals surface area contributed by atoms with Crippen molar-refractivity contribution < 1.29 is 24.0 Å². The first-order valence-corrected chi connectivity index (χ1v) is 13.0. The molecule has 1 aliphatic rings. The summed E-state index contributed by atoms with van der Waals surface area (Å²) < 4.78 is 5.20. The van der Waals surface area contributed by atoms with E-state index in [0.29, 0.717) is 11.4 Å². The quantitative estimate of drug-likeness (QED) is 0.234. The number of carbonyl (C=O) groups excluding carboxylic acids is 3. The molecule has 0 heterocycles. The molecule has 2 N–H and O–H groups in total. The van der Waals surface area contributed by atoms with Crippen LogP contribution in [0.25, 0.3) is 0 Å². The minimum atomic E-state index is -0.916. The molecule has 3 rings (SSSR count). The molecule has 0 radical (unpaired) electrons. The largest absolute Gasteiger partial charge is 0.464 e. The van der Waals surface area contributed by atoms with Gasteiger partial charge in [0.15, 0.2) is 0 Å². The predicted molar refractivity (Wildman–Crippen MR) is 144 cm³/mol. The second kappa shape index (κ2) is 14.0. The molecule has 10 heteroatoms. The van der Waals surface area contributed by atoms with Crippen molar-refractivity contribution in [3.05, 3.63) is 63.6 Å². The van der Waals surface area contributed by atoms with Gasteiger partial charge in [0, 0.05) is 18.0 Å². The minimum Gasteiger partial charge on any atom is -0.464 e. The average Bonchev–Trinajstić information content (AvgIpc) is 2.88. The molecule has 0 aliphatic heterocycles. The third-order valence-corrected chi connectivity index (χ3v) is 6.76. The number of benzene rings is 2. The zero-order valence-corrected chi connectivity index (χ0v) is 22.4. The van der Waals surface area contributed by atoms with Crippen LogP contribution in [0.4, 0.5) is 5.69 Å². The Hall–Kier alpha value is -3.10. The molecule has 2 aromatic carbocycles. The van der Waals surface area contributed by atoms with Gasteiger partial charge in [0.25, 0.3) is 11.8 Å². The summed E-state index contributed by atoms with van der Waals surface area (Å²) in [5.74, 6) is -1.42. The van der Waals surface area contributed by atoms with E-state index in [0.717, 1.165) is 37.7 Å². The van der Waals surface area contributed by atoms with Gasteiger partial charge in [-0.3, -0.25) is 9.59 Å². The molecular formula is C27H31Cl2N3O5. The summed E-state index contributed by atoms with van der Waals surface area (Å²) in [5, 5.41) is 10.0. The smallest absolute Gasteiger partial charge is 0.328 e. The molecule has 1 fully saturated rings. The van der Waals surface area contributed by atoms with Crippen LogP contribution in [0.1, 0.15) is 54.9 Å². The Kier molecular flexibility index (Phi) is 10.8. The predicted octanol–water partition coefficient (Wildman–Crippen LogP) is 5.42. The maximum atomic E-state index is 13.1. The highest BCUT2D eigenvalue weighted by molar-refractivity contribution is 6.40. The summed E-state index contributed by atoms with van der Waals surface area (Å²) in [6.07, 6.45) is 5.07. The number of halogens is 2. The standard InChI is InChI=1S/C27H31Cl2N3O5/c1-3-37-27(35)22(31-26(34)24(32-36-2)18-8-5-4-6-9-18)16-17-12-14-19(15-13-17)30-25(33)23-20(28)10-7-11-21(23)29/h7,10-15,18,22H,3-6,8-9,16H2,1-2H3,(H,30,33)(H,31,34)/t22-/m0/s1. The van der Waals surface area contributed by atoms with Crippen molar-refractivity contribution in [2.45, 2.75) is 51.5 Å². The van der Waals surface area contributed by atoms with E-state index < -0.39 is 23.8 Å². The number of rotatable bonds is 10. The van der Waals surface area contributed by atoms with Gasteiger partial charge in [-0.1, -0.05) is 65.8 Å². The van der Waals surface area contributed by atoms with E-state index in [9.17, 15) is 14.4 Å². The normalized spacial score (nSPS) is 15.0. The first kappa shape index (κ1) is 28.5. The molecule has 0 saturated heterocycles. The number of esters is 1. The van der Waals surface area contributed by atoms with E-state index in [-0.39, 0.29) is 34.6 Å². The zero-order valence-electron chi connectivity index (χ0n) is 20.9. The Labute approximate surface area is 226 Å². The van der Waals surface area contributed by atoms with Crippen LogP contribution in [0.5, 0.6) is 0 Å². The number of carbonyl (C=O) groups is 3. The lowest BCUT2D eigenvalue weighted by Crippen LogP contribution is -2.47. The van der Waals surface area contributed by atoms with Crippen LogP contribution in [0.15, 0.2) is 47.6 Å². The second-order valence-electron chi connectivity index (χ2n) is 8.72. The van der Waals surface area contributed by atoms with Crippen molar-refractivity contribution in [2.75, 3.05) is 19.0 Å². The van der Waals surface area contributed by atoms with Gasteiger partial charge >= 0.3 is 5.97 Å². The summed E-state index contributed by atoms with van der Waals surface area (Å²) in [6.45, 7) is 1.89. The Morgan fingerprint density at radius 1 is 1.03 bits per heavy atom. The maximum Gasteiger partial charge on any atom is 0.328 e. The first-order valence-electron chi connectivity index (χ1n) is 12.3. The fourth-order valence-electron chi connectivity index (χ4n) is 4.31. The van der Waals surface area contributed by atoms with Crippen LogP contribution in [-0.2, 0) is 25.6 Å². The lowest BCUT2D eigenvalue weighted by molar-refractivity contribution is -0.146. The van der Waals surface area contributed by atoms with Crippen molar-refractivity contribution >= 4 is 52.4 Å². The highest BCUT2D eigenvalue weighted by Gasteiger charge is 2.30. The fourth-order valence-corrected chi connectivity index (χ4v) is 4.88. The number of anilines is 1. The fraction of sp³-hybridized carbons (Fsp3) is 0.407. The molecule has 1 saturated carbocycles. The van der Waals surface area contributed by atoms with Crippen LogP contribution in [0.3, 0.4) is 0 Å². The summed E-state index contributed by atoms with van der Waals surface area (Å²) in [6, 6.07) is 10.8. The Balaban J connectivity index is 1.71. The van der Waals surface area contributed by atoms with E-state index in [1.165, 1.54) is 7.11 Å². The van der Waals surface area contributed by atoms with Crippen LogP contribution in [0.2, 0.25) is 10.0 Å². The van der Waals surface area contributed by atoms with Gasteiger partial charge in [-0.05, 0) is 49.6 Å². The van der Waals surface area contributed by atoms with Gasteiger partial charge in [-0.2, -0.15) is 0 Å². The summed E-state index contributed by atoms with van der Waals surface area (Å²) in [5.41, 5.74) is 1.77. The van der Waals surface area contributed by atoms with Crippen LogP contribution < -0.4 is 10.6 Å². The second-order valence-corrected chi connectivity index (χ2v) is 9.54. The topological polar surface area (TPSA) is 106 Å². The van der Waals surface area contributed by atoms with Gasteiger partial charge in [-0.15, -0.1) is 0 Å². The lowest BCUT2D eigenvalue weighted by atomic mass is 9.85. The molecular weight excluding hydrogens is 517 g/mol. The average molecular weight is 548 g/mol. The van der Waals surface area contributed by atoms with Crippen molar-refractivity contribution in [1.29, 1.82) is 0 Å². The van der Waals surface area contributed by atoms with Crippen LogP contribution >= 0.6 is 23.2 Å². The maximum absolute atomic E-state index is 13.1. The summed E-state index contributed by atoms with van der Waals surface area (Å²) in [4.78, 5) is 43.4. The molecule has 0 unspecified atom stereocenters. The zero-order chi connectivity index (χ0) is 26.8. The Morgan fingerprint density at radius 3 is 2.27 bits per heavy atom. The summed E-state index contributed by atoms with van der Waals surface area (Å²) >= 11 is 12.2. The van der Waals surface area contributed by atoms with E-state index in [1.807, 2.05) is 0 Å². The third kappa shape index (κ3) is 7.94. The highest BCUT2D eigenvalue weighted by atomic mass is 35.5. The molecule has 198 valence electrons. The molecule has 8 nitrogen and oxygen atoms in total. The number of amides is 2. The van der Waals surface area contributed by atoms with Crippen molar-refractivity contribution in [3.63, 3.8) is 0 Å². The number of oxime groups is 1. The Morgan fingerprint density at radius 2 is 1.68 bits per heavy atom. The van der Waals surface area contributed by atoms with E-state index in [1.54, 1.807) is 49.4 Å². The Bertz CT molecular complexity index is 1110. The molecule has 37 heavy (non-hydrogen) atoms. The van der Waals surface area contributed by atoms with Gasteiger partial charge in [-0.25, -0.2) is 4.79 Å². The van der Waals surface area contributed by atoms with Gasteiger partial charge in [0.05, 0.1) is 22.2 Å². The molecule has 0 bridgehead atoms. The van der Waals surface area contributed by atoms with Crippen molar-refractivity contribution in [3.8, 4) is 0 Å². The van der Waals surface area contributed by atoms with Crippen molar-refractivity contribution in [1.82, 2.24) is 5.32 Å². The molecule has 0 spiro atoms. The summed E-state index contributed by atoms with van der Waals surface area (Å²) in [7, 11) is 1.40. The van der Waals surface area contributed by atoms with E-state index >= 15 is 0 Å². The van der Waals surface area contributed by atoms with Crippen LogP contribution in [0, 0.1) is 5.92 Å². The van der Waals surface area contributed by atoms with Gasteiger partial charge in [0.1, 0.15) is 18.9 Å². The lowest BCUT2D eigenvalue weighted by Gasteiger charge is -2.24. The minimum absolute atomic E-state index is 0.00828. The monoisotopic (exact) mass is 547 g/mol. The number of nitrogens with one attached hydrogen (secondary N) is 2. The van der Waals surface area contributed by atoms with E-state index in [4.69, 9.17) is 32.8 Å². The molecule has 1 atom stereocenters. The molecule has 1 aliphatic carbocycles. The molecule has 2 amide bonds. The van der Waals surface area contributed by atoms with Gasteiger partial charge < -0.3 is 20.2 Å². The molecule has 0 aromatic heterocycles. The van der Waals surface area contributed by atoms with Crippen LogP contribution in [-0.4, -0.2) is 43.3 Å². The van der Waals surface area contributed by atoms with Crippen molar-refractivity contribution in [2.24, 2.45) is 11.1 Å².